The van der Waals surface area contributed by atoms with E-state index in [-0.39, 0.29) is 5.56 Å². The first-order chi connectivity index (χ1) is 7.24. The van der Waals surface area contributed by atoms with E-state index >= 15 is 0 Å². The Bertz CT molecular complexity index is 676. The Labute approximate surface area is 85.9 Å². The number of allylic oxidation sites excluding steroid dienone is 2. The molecule has 0 saturated carbocycles. The van der Waals surface area contributed by atoms with E-state index in [2.05, 4.69) is 16.5 Å². The second-order valence-electron chi connectivity index (χ2n) is 3.16. The Morgan fingerprint density at radius 3 is 3.13 bits per heavy atom. The van der Waals surface area contributed by atoms with Gasteiger partial charge in [-0.1, -0.05) is 18.7 Å². The van der Waals surface area contributed by atoms with Crippen molar-refractivity contribution < 1.29 is 0 Å². The van der Waals surface area contributed by atoms with Gasteiger partial charge >= 0.3 is 0 Å². The largest absolute Gasteiger partial charge is 0.319 e. The van der Waals surface area contributed by atoms with Crippen LogP contribution in [0.15, 0.2) is 29.5 Å². The van der Waals surface area contributed by atoms with Crippen LogP contribution in [0.5, 0.6) is 0 Å². The normalized spacial score (nSPS) is 13.0. The van der Waals surface area contributed by atoms with Crippen LogP contribution in [0.25, 0.3) is 18.2 Å². The van der Waals surface area contributed by atoms with Gasteiger partial charge in [-0.2, -0.15) is 0 Å². The van der Waals surface area contributed by atoms with Crippen molar-refractivity contribution in [1.82, 2.24) is 14.4 Å². The van der Waals surface area contributed by atoms with Crippen LogP contribution in [-0.2, 0) is 0 Å². The van der Waals surface area contributed by atoms with E-state index in [4.69, 9.17) is 0 Å². The van der Waals surface area contributed by atoms with E-state index in [0.29, 0.717) is 10.9 Å². The summed E-state index contributed by atoms with van der Waals surface area (Å²) < 4.78 is 1.67. The molecule has 0 spiro atoms. The maximum absolute atomic E-state index is 11.6. The van der Waals surface area contributed by atoms with E-state index in [1.54, 1.807) is 10.7 Å². The van der Waals surface area contributed by atoms with Crippen molar-refractivity contribution in [3.63, 3.8) is 0 Å². The van der Waals surface area contributed by atoms with Crippen molar-refractivity contribution in [3.05, 3.63) is 45.7 Å². The van der Waals surface area contributed by atoms with Crippen molar-refractivity contribution >= 4 is 18.2 Å². The lowest BCUT2D eigenvalue weighted by Crippen LogP contribution is -2.38. The fourth-order valence-corrected chi connectivity index (χ4v) is 1.40. The van der Waals surface area contributed by atoms with Crippen LogP contribution < -0.4 is 16.3 Å². The monoisotopic (exact) mass is 201 g/mol. The molecule has 0 aliphatic heterocycles. The number of nitrogens with zero attached hydrogens (tertiary/aromatic N) is 2. The molecule has 0 bridgehead atoms. The van der Waals surface area contributed by atoms with Crippen LogP contribution in [-0.4, -0.2) is 14.4 Å². The average Bonchev–Trinajstić information content (AvgIpc) is 2.70. The third kappa shape index (κ3) is 1.50. The van der Waals surface area contributed by atoms with Crippen LogP contribution >= 0.6 is 0 Å². The van der Waals surface area contributed by atoms with Gasteiger partial charge in [-0.25, -0.2) is 4.98 Å². The summed E-state index contributed by atoms with van der Waals surface area (Å²) in [4.78, 5) is 18.3. The molecule has 1 N–H and O–H groups in total. The summed E-state index contributed by atoms with van der Waals surface area (Å²) in [5.41, 5.74) is 0.355. The molecule has 2 aromatic rings. The van der Waals surface area contributed by atoms with E-state index in [0.717, 1.165) is 5.35 Å². The fraction of sp³-hybridized carbons (Fsp3) is 0.0909. The highest BCUT2D eigenvalue weighted by Gasteiger charge is 1.98. The molecule has 0 amide bonds. The van der Waals surface area contributed by atoms with Gasteiger partial charge in [0.05, 0.1) is 23.2 Å². The number of nitrogens with one attached hydrogen (secondary N) is 1. The van der Waals surface area contributed by atoms with Crippen molar-refractivity contribution in [2.75, 3.05) is 0 Å². The molecule has 2 rings (SSSR count). The minimum Gasteiger partial charge on any atom is -0.319 e. The number of H-pyrrole nitrogens is 1. The molecule has 0 aromatic carbocycles. The third-order valence-electron chi connectivity index (χ3n) is 2.18. The Balaban J connectivity index is 2.96. The lowest BCUT2D eigenvalue weighted by molar-refractivity contribution is 1.01. The number of hydrogen-bond acceptors (Lipinski definition) is 2. The standard InChI is InChI=1S/C11H11N3O/c1-3-4-5-9-8(2)14-7-12-6-10(14)11(15)13-9/h3-7H,2H2,1H3,(H,13,15)/b4-3-,9-5+. The van der Waals surface area contributed by atoms with Crippen molar-refractivity contribution in [1.29, 1.82) is 0 Å². The Morgan fingerprint density at radius 1 is 1.60 bits per heavy atom. The molecule has 0 atom stereocenters. The molecule has 0 radical (unpaired) electrons. The van der Waals surface area contributed by atoms with Gasteiger partial charge < -0.3 is 4.98 Å². The average molecular weight is 201 g/mol. The summed E-state index contributed by atoms with van der Waals surface area (Å²) in [5, 5.41) is 1.42. The molecule has 4 heteroatoms. The summed E-state index contributed by atoms with van der Waals surface area (Å²) in [6.07, 6.45) is 8.65. The van der Waals surface area contributed by atoms with Crippen LogP contribution in [0.1, 0.15) is 6.92 Å². The molecule has 4 nitrogen and oxygen atoms in total. The summed E-state index contributed by atoms with van der Waals surface area (Å²) in [6.45, 7) is 5.81. The fourth-order valence-electron chi connectivity index (χ4n) is 1.40. The molecule has 0 saturated heterocycles. The summed E-state index contributed by atoms with van der Waals surface area (Å²) in [6, 6.07) is 0. The number of imidazole rings is 1. The summed E-state index contributed by atoms with van der Waals surface area (Å²) in [5.74, 6) is 0. The van der Waals surface area contributed by atoms with Gasteiger partial charge in [0.25, 0.3) is 5.56 Å². The van der Waals surface area contributed by atoms with Gasteiger partial charge in [0.1, 0.15) is 5.52 Å². The van der Waals surface area contributed by atoms with Gasteiger partial charge in [-0.05, 0) is 13.0 Å². The van der Waals surface area contributed by atoms with Crippen molar-refractivity contribution in [2.24, 2.45) is 0 Å². The third-order valence-corrected chi connectivity index (χ3v) is 2.18. The number of rotatable bonds is 1. The highest BCUT2D eigenvalue weighted by molar-refractivity contribution is 5.43. The predicted molar refractivity (Wildman–Crippen MR) is 59.9 cm³/mol. The zero-order valence-electron chi connectivity index (χ0n) is 8.40. The number of fused-ring (bicyclic) bond motifs is 1. The molecular formula is C11H11N3O. The Kier molecular flexibility index (Phi) is 2.25. The second-order valence-corrected chi connectivity index (χ2v) is 3.16. The number of aromatic amines is 1. The van der Waals surface area contributed by atoms with Gasteiger partial charge in [0, 0.05) is 0 Å². The predicted octanol–water partition coefficient (Wildman–Crippen LogP) is -0.211. The minimum atomic E-state index is -0.157. The Morgan fingerprint density at radius 2 is 2.40 bits per heavy atom. The molecule has 0 fully saturated rings. The summed E-state index contributed by atoms with van der Waals surface area (Å²) in [7, 11) is 0. The maximum atomic E-state index is 11.6. The minimum absolute atomic E-state index is 0.157. The van der Waals surface area contributed by atoms with E-state index < -0.39 is 0 Å². The zero-order valence-corrected chi connectivity index (χ0v) is 8.40. The van der Waals surface area contributed by atoms with E-state index in [1.807, 2.05) is 25.2 Å². The van der Waals surface area contributed by atoms with Gasteiger partial charge in [-0.3, -0.25) is 9.20 Å². The van der Waals surface area contributed by atoms with Crippen LogP contribution in [0.3, 0.4) is 0 Å². The van der Waals surface area contributed by atoms with Crippen LogP contribution in [0.2, 0.25) is 0 Å². The first-order valence-electron chi connectivity index (χ1n) is 4.60. The van der Waals surface area contributed by atoms with Crippen LogP contribution in [0, 0.1) is 0 Å². The van der Waals surface area contributed by atoms with Gasteiger partial charge in [0.15, 0.2) is 0 Å². The van der Waals surface area contributed by atoms with Crippen molar-refractivity contribution in [2.45, 2.75) is 6.92 Å². The van der Waals surface area contributed by atoms with E-state index in [1.165, 1.54) is 6.20 Å². The first kappa shape index (κ1) is 9.45. The lowest BCUT2D eigenvalue weighted by atomic mass is 10.4. The molecule has 0 aliphatic rings. The SMILES string of the molecule is C=c1/c(=C\C=C/C)[nH]c(=O)c2cncn12. The summed E-state index contributed by atoms with van der Waals surface area (Å²) >= 11 is 0. The number of hydrogen-bond donors (Lipinski definition) is 1. The van der Waals surface area contributed by atoms with Crippen molar-refractivity contribution in [3.8, 4) is 0 Å². The lowest BCUT2D eigenvalue weighted by Gasteiger charge is -1.94. The number of aromatic nitrogens is 3. The molecular weight excluding hydrogens is 190 g/mol. The molecule has 15 heavy (non-hydrogen) atoms. The molecule has 2 heterocycles. The molecule has 76 valence electrons. The molecule has 0 aliphatic carbocycles. The second kappa shape index (κ2) is 3.57. The zero-order chi connectivity index (χ0) is 10.8. The smallest absolute Gasteiger partial charge is 0.274 e. The van der Waals surface area contributed by atoms with Gasteiger partial charge in [0.2, 0.25) is 0 Å². The Hall–Kier alpha value is -2.10. The molecule has 0 unspecified atom stereocenters. The quantitative estimate of drug-likeness (QED) is 0.694. The maximum Gasteiger partial charge on any atom is 0.274 e. The molecule has 2 aromatic heterocycles. The van der Waals surface area contributed by atoms with E-state index in [9.17, 15) is 4.79 Å². The highest BCUT2D eigenvalue weighted by Crippen LogP contribution is 1.85. The first-order valence-corrected chi connectivity index (χ1v) is 4.60. The van der Waals surface area contributed by atoms with Crippen LogP contribution in [0.4, 0.5) is 0 Å². The highest BCUT2D eigenvalue weighted by atomic mass is 16.1. The topological polar surface area (TPSA) is 50.2 Å². The van der Waals surface area contributed by atoms with Gasteiger partial charge in [-0.15, -0.1) is 0 Å².